The summed E-state index contributed by atoms with van der Waals surface area (Å²) in [7, 11) is 3.24. The molecule has 0 bridgehead atoms. The number of carbonyl (C=O) groups is 8. The van der Waals surface area contributed by atoms with Crippen LogP contribution in [0.15, 0.2) is 91.0 Å². The maximum Gasteiger partial charge on any atom is 0.255 e. The molecule has 18 nitrogen and oxygen atoms in total. The minimum Gasteiger partial charge on any atom is -0.348 e. The minimum atomic E-state index is -1.10. The topological polar surface area (TPSA) is 239 Å². The zero-order valence-corrected chi connectivity index (χ0v) is 47.1. The van der Waals surface area contributed by atoms with Crippen LogP contribution in [0.3, 0.4) is 0 Å². The minimum absolute atomic E-state index is 0.00441. The number of likely N-dealkylation sites (N-methyl/N-ethyl adjacent to an activating group) is 2. The van der Waals surface area contributed by atoms with E-state index in [2.05, 4.69) is 42.5 Å². The molecule has 0 radical (unpaired) electrons. The van der Waals surface area contributed by atoms with Crippen LogP contribution in [0.5, 0.6) is 0 Å². The highest BCUT2D eigenvalue weighted by Gasteiger charge is 2.47. The van der Waals surface area contributed by atoms with Crippen LogP contribution in [0, 0.1) is 22.5 Å². The summed E-state index contributed by atoms with van der Waals surface area (Å²) >= 11 is 0. The van der Waals surface area contributed by atoms with Crippen LogP contribution in [-0.2, 0) is 41.7 Å². The van der Waals surface area contributed by atoms with Crippen molar-refractivity contribution in [1.82, 2.24) is 47.0 Å². The second kappa shape index (κ2) is 25.5. The molecule has 79 heavy (non-hydrogen) atoms. The van der Waals surface area contributed by atoms with Crippen molar-refractivity contribution in [3.63, 3.8) is 0 Å². The third kappa shape index (κ3) is 14.8. The molecule has 1 fully saturated rings. The van der Waals surface area contributed by atoms with E-state index in [4.69, 9.17) is 0 Å². The first-order chi connectivity index (χ1) is 37.1. The molecule has 424 valence electrons. The van der Waals surface area contributed by atoms with Gasteiger partial charge in [0.05, 0.1) is 24.2 Å². The number of amides is 8. The number of likely N-dealkylation sites (tertiary alicyclic amines) is 1. The van der Waals surface area contributed by atoms with Crippen molar-refractivity contribution in [3.05, 3.63) is 136 Å². The van der Waals surface area contributed by atoms with Crippen molar-refractivity contribution >= 4 is 52.9 Å². The zero-order chi connectivity index (χ0) is 58.3. The van der Waals surface area contributed by atoms with Crippen LogP contribution in [0.2, 0.25) is 0 Å². The summed E-state index contributed by atoms with van der Waals surface area (Å²) in [4.78, 5) is 114. The van der Waals surface area contributed by atoms with E-state index in [0.29, 0.717) is 11.3 Å². The average molecular weight is 1090 g/mol. The summed E-state index contributed by atoms with van der Waals surface area (Å²) in [6.45, 7) is 17.2. The van der Waals surface area contributed by atoms with Crippen molar-refractivity contribution in [3.8, 4) is 0 Å². The summed E-state index contributed by atoms with van der Waals surface area (Å²) in [6.07, 6.45) is 0.0838. The van der Waals surface area contributed by atoms with Gasteiger partial charge in [0.1, 0.15) is 35.8 Å². The lowest BCUT2D eigenvalue weighted by atomic mass is 9.84. The van der Waals surface area contributed by atoms with Gasteiger partial charge in [0, 0.05) is 53.5 Å². The maximum absolute atomic E-state index is 14.8. The predicted octanol–water partition coefficient (Wildman–Crippen LogP) is 5.20. The number of nitrogens with zero attached hydrogens (tertiary/aromatic N) is 2. The Balaban J connectivity index is 1.19. The average Bonchev–Trinajstić information content (AvgIpc) is 4.03. The third-order valence-electron chi connectivity index (χ3n) is 14.7. The Labute approximate surface area is 461 Å². The lowest BCUT2D eigenvalue weighted by Crippen LogP contribution is -2.62. The number of hydrogen-bond acceptors (Lipinski definition) is 10. The van der Waals surface area contributed by atoms with Gasteiger partial charge in [-0.1, -0.05) is 84.0 Å². The van der Waals surface area contributed by atoms with Crippen molar-refractivity contribution in [2.45, 2.75) is 143 Å². The van der Waals surface area contributed by atoms with Gasteiger partial charge in [-0.2, -0.15) is 0 Å². The Morgan fingerprint density at radius 1 is 0.557 bits per heavy atom. The van der Waals surface area contributed by atoms with Gasteiger partial charge >= 0.3 is 0 Å². The molecule has 2 aliphatic heterocycles. The fourth-order valence-electron chi connectivity index (χ4n) is 9.66. The van der Waals surface area contributed by atoms with E-state index >= 15 is 0 Å². The van der Waals surface area contributed by atoms with Crippen molar-refractivity contribution in [1.29, 1.82) is 0 Å². The van der Waals surface area contributed by atoms with E-state index < -0.39 is 124 Å². The molecular formula is C59H76F2N10O8. The Morgan fingerprint density at radius 2 is 1.01 bits per heavy atom. The molecule has 6 rings (SSSR count). The van der Waals surface area contributed by atoms with Crippen molar-refractivity contribution in [2.75, 3.05) is 26.0 Å². The van der Waals surface area contributed by atoms with Crippen LogP contribution in [0.25, 0.3) is 0 Å². The number of fused-ring (bicyclic) bond motifs is 1. The highest BCUT2D eigenvalue weighted by molar-refractivity contribution is 6.05. The lowest BCUT2D eigenvalue weighted by molar-refractivity contribution is -0.147. The molecule has 8 amide bonds. The molecule has 20 heteroatoms. The van der Waals surface area contributed by atoms with Crippen molar-refractivity contribution in [2.24, 2.45) is 10.8 Å². The van der Waals surface area contributed by atoms with E-state index in [1.807, 2.05) is 20.8 Å². The Morgan fingerprint density at radius 3 is 1.48 bits per heavy atom. The van der Waals surface area contributed by atoms with Crippen LogP contribution < -0.4 is 42.5 Å². The Kier molecular flexibility index (Phi) is 19.6. The molecule has 8 N–H and O–H groups in total. The first kappa shape index (κ1) is 60.6. The van der Waals surface area contributed by atoms with Gasteiger partial charge in [-0.3, -0.25) is 38.4 Å². The highest BCUT2D eigenvalue weighted by atomic mass is 19.1. The monoisotopic (exact) mass is 1090 g/mol. The molecule has 2 heterocycles. The molecular weight excluding hydrogens is 1010 g/mol. The number of anilines is 1. The first-order valence-corrected chi connectivity index (χ1v) is 26.6. The number of benzene rings is 4. The smallest absolute Gasteiger partial charge is 0.255 e. The molecule has 0 unspecified atom stereocenters. The number of rotatable bonds is 18. The van der Waals surface area contributed by atoms with Gasteiger partial charge in [0.2, 0.25) is 35.4 Å². The number of nitrogens with one attached hydrogen (secondary N) is 8. The van der Waals surface area contributed by atoms with Crippen LogP contribution in [0.4, 0.5) is 14.5 Å². The largest absolute Gasteiger partial charge is 0.348 e. The molecule has 0 aliphatic carbocycles. The van der Waals surface area contributed by atoms with Gasteiger partial charge in [-0.05, 0) is 119 Å². The third-order valence-corrected chi connectivity index (χ3v) is 14.7. The van der Waals surface area contributed by atoms with E-state index in [1.54, 1.807) is 111 Å². The molecule has 0 spiro atoms. The SMILES string of the molecule is CN[C@@H](C)C(=O)N[C@H](C(=O)N1Cc2cc(NC(=O)c3ccc(C(=O)N[C@H]4C[C@@H](C(=O)N[C@H](C)c5ccccc5F)N(C(=O)[C@@H](NC(=O)[C@H](C)NC)C(C)(C)C)C4)cc3)ccc2C[C@H]1C(=O)N[C@H](C)c1ccccc1F)C(C)(C)C. The van der Waals surface area contributed by atoms with Crippen molar-refractivity contribution < 1.29 is 47.1 Å². The van der Waals surface area contributed by atoms with Crippen LogP contribution >= 0.6 is 0 Å². The summed E-state index contributed by atoms with van der Waals surface area (Å²) in [5, 5.41) is 23.0. The zero-order valence-electron chi connectivity index (χ0n) is 47.1. The lowest BCUT2D eigenvalue weighted by Gasteiger charge is -2.41. The van der Waals surface area contributed by atoms with Crippen LogP contribution in [-0.4, -0.2) is 120 Å². The molecule has 9 atom stereocenters. The predicted molar refractivity (Wildman–Crippen MR) is 296 cm³/mol. The first-order valence-electron chi connectivity index (χ1n) is 26.6. The summed E-state index contributed by atoms with van der Waals surface area (Å²) in [6, 6.07) is 15.4. The Bertz CT molecular complexity index is 2920. The summed E-state index contributed by atoms with van der Waals surface area (Å²) < 4.78 is 29.6. The quantitative estimate of drug-likeness (QED) is 0.0648. The fraction of sp³-hybridized carbons (Fsp3) is 0.458. The van der Waals surface area contributed by atoms with E-state index in [-0.39, 0.29) is 48.2 Å². The normalized spacial score (nSPS) is 18.6. The maximum atomic E-state index is 14.8. The fourth-order valence-corrected chi connectivity index (χ4v) is 9.66. The van der Waals surface area contributed by atoms with Crippen LogP contribution in [0.1, 0.15) is 131 Å². The molecule has 1 saturated heterocycles. The van der Waals surface area contributed by atoms with E-state index in [9.17, 15) is 47.1 Å². The second-order valence-electron chi connectivity index (χ2n) is 22.8. The number of hydrogen-bond donors (Lipinski definition) is 8. The molecule has 0 saturated carbocycles. The van der Waals surface area contributed by atoms with Gasteiger partial charge in [0.15, 0.2) is 0 Å². The molecule has 4 aromatic rings. The molecule has 4 aromatic carbocycles. The van der Waals surface area contributed by atoms with Gasteiger partial charge < -0.3 is 52.3 Å². The van der Waals surface area contributed by atoms with Gasteiger partial charge in [-0.25, -0.2) is 8.78 Å². The van der Waals surface area contributed by atoms with Gasteiger partial charge in [0.25, 0.3) is 11.8 Å². The number of carbonyl (C=O) groups excluding carboxylic acids is 8. The molecule has 2 aliphatic rings. The van der Waals surface area contributed by atoms with E-state index in [1.165, 1.54) is 52.3 Å². The second-order valence-corrected chi connectivity index (χ2v) is 22.8. The highest BCUT2D eigenvalue weighted by Crippen LogP contribution is 2.32. The Hall–Kier alpha value is -7.58. The van der Waals surface area contributed by atoms with Gasteiger partial charge in [-0.15, -0.1) is 0 Å². The summed E-state index contributed by atoms with van der Waals surface area (Å²) in [5.41, 5.74) is 1.07. The molecule has 0 aromatic heterocycles. The van der Waals surface area contributed by atoms with E-state index in [0.717, 1.165) is 5.56 Å². The number of halogens is 2. The standard InChI is InChI=1S/C59H76F2N10O8/c1-32(42-17-13-15-19-44(42)60)64-54(76)46-28-38-25-26-40(27-39(38)30-70(46)56(78)48(58(5,6)7)68-50(72)34(3)62-11)66-52(74)36-21-23-37(24-22-36)53(75)67-41-29-47(55(77)65-33(2)43-18-14-16-20-45(43)61)71(31-41)57(79)49(59(8,9)10)69-51(73)35(4)63-12/h13-27,32-35,41,46-49,62-63H,28-31H2,1-12H3,(H,64,76)(H,65,77)(H,66,74)(H,67,75)(H,68,72)(H,69,73)/t32-,33-,34+,35+,41+,46+,47+,48-,49-/m1/s1. The summed E-state index contributed by atoms with van der Waals surface area (Å²) in [5.74, 6) is -5.02.